The standard InChI is InChI=1S/C18H24N4O2S/c1-10-12(3)25-16-13(10)14(19)20-15(21-16)11(2)22-7-4-18(5-8-22)6-9-24-17(18)23/h11H,4-9H2,1-3H3,(H2,19,20,21). The first kappa shape index (κ1) is 16.7. The van der Waals surface area contributed by atoms with Crippen molar-refractivity contribution in [3.63, 3.8) is 0 Å². The first-order chi connectivity index (χ1) is 11.9. The van der Waals surface area contributed by atoms with Crippen LogP contribution in [-0.4, -0.2) is 40.5 Å². The number of anilines is 1. The van der Waals surface area contributed by atoms with Gasteiger partial charge in [-0.1, -0.05) is 0 Å². The monoisotopic (exact) mass is 360 g/mol. The van der Waals surface area contributed by atoms with Crippen molar-refractivity contribution in [1.82, 2.24) is 14.9 Å². The fraction of sp³-hybridized carbons (Fsp3) is 0.611. The second-order valence-corrected chi connectivity index (χ2v) is 8.51. The van der Waals surface area contributed by atoms with Crippen LogP contribution in [0.25, 0.3) is 10.2 Å². The number of carbonyl (C=O) groups excluding carboxylic acids is 1. The summed E-state index contributed by atoms with van der Waals surface area (Å²) in [4.78, 5) is 26.0. The number of hydrogen-bond acceptors (Lipinski definition) is 7. The highest BCUT2D eigenvalue weighted by Gasteiger charge is 2.47. The van der Waals surface area contributed by atoms with E-state index in [1.54, 1.807) is 11.3 Å². The minimum atomic E-state index is -0.248. The zero-order chi connectivity index (χ0) is 17.8. The average molecular weight is 360 g/mol. The Balaban J connectivity index is 1.56. The number of hydrogen-bond donors (Lipinski definition) is 1. The number of esters is 1. The molecule has 2 aliphatic rings. The van der Waals surface area contributed by atoms with Crippen LogP contribution in [0, 0.1) is 19.3 Å². The number of rotatable bonds is 2. The van der Waals surface area contributed by atoms with Crippen molar-refractivity contribution in [3.8, 4) is 0 Å². The Morgan fingerprint density at radius 1 is 1.24 bits per heavy atom. The molecule has 6 nitrogen and oxygen atoms in total. The van der Waals surface area contributed by atoms with Crippen LogP contribution in [-0.2, 0) is 9.53 Å². The lowest BCUT2D eigenvalue weighted by atomic mass is 9.77. The summed E-state index contributed by atoms with van der Waals surface area (Å²) in [5, 5.41) is 0.991. The number of aryl methyl sites for hydroxylation is 2. The quantitative estimate of drug-likeness (QED) is 0.829. The Bertz CT molecular complexity index is 839. The summed E-state index contributed by atoms with van der Waals surface area (Å²) in [6.07, 6.45) is 2.56. The Kier molecular flexibility index (Phi) is 3.96. The maximum Gasteiger partial charge on any atom is 0.312 e. The molecule has 1 spiro atoms. The molecule has 2 fully saturated rings. The van der Waals surface area contributed by atoms with Gasteiger partial charge in [0.1, 0.15) is 16.5 Å². The van der Waals surface area contributed by atoms with E-state index in [1.807, 2.05) is 0 Å². The van der Waals surface area contributed by atoms with Gasteiger partial charge in [0.15, 0.2) is 0 Å². The molecule has 4 rings (SSSR count). The lowest BCUT2D eigenvalue weighted by molar-refractivity contribution is -0.148. The number of nitrogens with zero attached hydrogens (tertiary/aromatic N) is 3. The summed E-state index contributed by atoms with van der Waals surface area (Å²) in [7, 11) is 0. The lowest BCUT2D eigenvalue weighted by Gasteiger charge is -2.38. The first-order valence-electron chi connectivity index (χ1n) is 8.86. The molecule has 134 valence electrons. The summed E-state index contributed by atoms with van der Waals surface area (Å²) in [6.45, 7) is 8.58. The minimum Gasteiger partial charge on any atom is -0.465 e. The summed E-state index contributed by atoms with van der Waals surface area (Å²) in [5.41, 5.74) is 7.16. The molecule has 2 aromatic rings. The molecule has 1 atom stereocenters. The van der Waals surface area contributed by atoms with Gasteiger partial charge in [-0.15, -0.1) is 11.3 Å². The van der Waals surface area contributed by atoms with Gasteiger partial charge in [0.05, 0.1) is 23.4 Å². The van der Waals surface area contributed by atoms with Crippen molar-refractivity contribution in [2.45, 2.75) is 46.1 Å². The molecule has 4 heterocycles. The molecule has 25 heavy (non-hydrogen) atoms. The zero-order valence-corrected chi connectivity index (χ0v) is 15.8. The molecular weight excluding hydrogens is 336 g/mol. The molecule has 0 aliphatic carbocycles. The van der Waals surface area contributed by atoms with Crippen LogP contribution >= 0.6 is 11.3 Å². The summed E-state index contributed by atoms with van der Waals surface area (Å²) in [5.74, 6) is 1.34. The van der Waals surface area contributed by atoms with Gasteiger partial charge in [0, 0.05) is 4.88 Å². The number of carbonyl (C=O) groups is 1. The fourth-order valence-electron chi connectivity index (χ4n) is 4.04. The Morgan fingerprint density at radius 3 is 2.60 bits per heavy atom. The van der Waals surface area contributed by atoms with Gasteiger partial charge in [-0.05, 0) is 58.7 Å². The topological polar surface area (TPSA) is 81.3 Å². The number of fused-ring (bicyclic) bond motifs is 1. The molecule has 2 N–H and O–H groups in total. The highest BCUT2D eigenvalue weighted by molar-refractivity contribution is 7.18. The van der Waals surface area contributed by atoms with Crippen LogP contribution in [0.5, 0.6) is 0 Å². The number of cyclic esters (lactones) is 1. The number of likely N-dealkylation sites (tertiary alicyclic amines) is 1. The average Bonchev–Trinajstić information content (AvgIpc) is 3.08. The largest absolute Gasteiger partial charge is 0.465 e. The minimum absolute atomic E-state index is 0.00810. The van der Waals surface area contributed by atoms with Gasteiger partial charge >= 0.3 is 5.97 Å². The third-order valence-electron chi connectivity index (χ3n) is 6.00. The summed E-state index contributed by atoms with van der Waals surface area (Å²) in [6, 6.07) is 0.0872. The van der Waals surface area contributed by atoms with Crippen LogP contribution in [0.4, 0.5) is 5.82 Å². The second kappa shape index (κ2) is 5.92. The Morgan fingerprint density at radius 2 is 1.96 bits per heavy atom. The highest BCUT2D eigenvalue weighted by Crippen LogP contribution is 2.42. The first-order valence-corrected chi connectivity index (χ1v) is 9.67. The maximum atomic E-state index is 12.0. The number of aromatic nitrogens is 2. The van der Waals surface area contributed by atoms with Crippen molar-refractivity contribution in [2.24, 2.45) is 5.41 Å². The summed E-state index contributed by atoms with van der Waals surface area (Å²) < 4.78 is 5.21. The molecule has 0 saturated carbocycles. The molecular formula is C18H24N4O2S. The predicted octanol–water partition coefficient (Wildman–Crippen LogP) is 2.98. The van der Waals surface area contributed by atoms with E-state index >= 15 is 0 Å². The van der Waals surface area contributed by atoms with E-state index in [2.05, 4.69) is 30.7 Å². The molecule has 7 heteroatoms. The fourth-order valence-corrected chi connectivity index (χ4v) is 5.08. The number of piperidine rings is 1. The zero-order valence-electron chi connectivity index (χ0n) is 15.0. The van der Waals surface area contributed by atoms with E-state index in [0.717, 1.165) is 48.4 Å². The molecule has 2 saturated heterocycles. The van der Waals surface area contributed by atoms with Crippen LogP contribution in [0.3, 0.4) is 0 Å². The third kappa shape index (κ3) is 2.60. The highest BCUT2D eigenvalue weighted by atomic mass is 32.1. The normalized spacial score (nSPS) is 21.8. The molecule has 0 radical (unpaired) electrons. The van der Waals surface area contributed by atoms with Crippen molar-refractivity contribution in [3.05, 3.63) is 16.3 Å². The van der Waals surface area contributed by atoms with Gasteiger partial charge in [-0.2, -0.15) is 0 Å². The smallest absolute Gasteiger partial charge is 0.312 e. The van der Waals surface area contributed by atoms with Crippen LogP contribution in [0.1, 0.15) is 48.5 Å². The second-order valence-electron chi connectivity index (χ2n) is 7.31. The van der Waals surface area contributed by atoms with E-state index in [-0.39, 0.29) is 17.4 Å². The lowest BCUT2D eigenvalue weighted by Crippen LogP contribution is -2.43. The van der Waals surface area contributed by atoms with Crippen LogP contribution in [0.2, 0.25) is 0 Å². The van der Waals surface area contributed by atoms with E-state index in [1.165, 1.54) is 10.4 Å². The van der Waals surface area contributed by atoms with Gasteiger partial charge < -0.3 is 10.5 Å². The van der Waals surface area contributed by atoms with E-state index in [9.17, 15) is 4.79 Å². The van der Waals surface area contributed by atoms with E-state index in [0.29, 0.717) is 12.4 Å². The van der Waals surface area contributed by atoms with Gasteiger partial charge in [0.2, 0.25) is 0 Å². The van der Waals surface area contributed by atoms with Crippen molar-refractivity contribution >= 4 is 33.3 Å². The number of thiophene rings is 1. The van der Waals surface area contributed by atoms with Crippen LogP contribution in [0.15, 0.2) is 0 Å². The maximum absolute atomic E-state index is 12.0. The SMILES string of the molecule is Cc1sc2nc(C(C)N3CCC4(CCOC4=O)CC3)nc(N)c2c1C. The van der Waals surface area contributed by atoms with Gasteiger partial charge in [-0.3, -0.25) is 9.69 Å². The molecule has 0 aromatic carbocycles. The van der Waals surface area contributed by atoms with Crippen molar-refractivity contribution in [1.29, 1.82) is 0 Å². The van der Waals surface area contributed by atoms with Crippen LogP contribution < -0.4 is 5.73 Å². The number of ether oxygens (including phenoxy) is 1. The molecule has 0 bridgehead atoms. The third-order valence-corrected chi connectivity index (χ3v) is 7.10. The van der Waals surface area contributed by atoms with Crippen molar-refractivity contribution in [2.75, 3.05) is 25.4 Å². The van der Waals surface area contributed by atoms with Crippen molar-refractivity contribution < 1.29 is 9.53 Å². The number of nitrogen functional groups attached to an aromatic ring is 1. The number of nitrogens with two attached hydrogens (primary N) is 1. The molecule has 0 amide bonds. The molecule has 2 aliphatic heterocycles. The molecule has 1 unspecified atom stereocenters. The van der Waals surface area contributed by atoms with E-state index in [4.69, 9.17) is 15.5 Å². The van der Waals surface area contributed by atoms with Gasteiger partial charge in [0.25, 0.3) is 0 Å². The van der Waals surface area contributed by atoms with Gasteiger partial charge in [-0.25, -0.2) is 9.97 Å². The Hall–Kier alpha value is -1.73. The molecule has 2 aromatic heterocycles. The van der Waals surface area contributed by atoms with E-state index < -0.39 is 0 Å². The summed E-state index contributed by atoms with van der Waals surface area (Å²) >= 11 is 1.68. The predicted molar refractivity (Wildman–Crippen MR) is 98.5 cm³/mol. The Labute approximate surface area is 151 Å².